The van der Waals surface area contributed by atoms with E-state index >= 15 is 0 Å². The summed E-state index contributed by atoms with van der Waals surface area (Å²) in [6.07, 6.45) is 0.875. The van der Waals surface area contributed by atoms with Crippen molar-refractivity contribution in [3.63, 3.8) is 0 Å². The van der Waals surface area contributed by atoms with E-state index in [0.29, 0.717) is 15.8 Å². The summed E-state index contributed by atoms with van der Waals surface area (Å²) < 4.78 is 5.50. The van der Waals surface area contributed by atoms with Crippen LogP contribution >= 0.6 is 34.5 Å². The Balaban J connectivity index is 1.92. The van der Waals surface area contributed by atoms with Gasteiger partial charge in [0.15, 0.2) is 6.10 Å². The Bertz CT molecular complexity index is 701. The predicted octanol–water partition coefficient (Wildman–Crippen LogP) is 4.28. The van der Waals surface area contributed by atoms with Gasteiger partial charge in [0, 0.05) is 9.90 Å². The number of thiophene rings is 1. The third-order valence-electron chi connectivity index (χ3n) is 2.83. The first-order valence-electron chi connectivity index (χ1n) is 6.46. The molecule has 1 aromatic heterocycles. The molecule has 1 amide bonds. The van der Waals surface area contributed by atoms with Crippen molar-refractivity contribution < 1.29 is 9.53 Å². The van der Waals surface area contributed by atoms with Gasteiger partial charge in [-0.2, -0.15) is 5.10 Å². The third-order valence-corrected chi connectivity index (χ3v) is 4.31. The first kappa shape index (κ1) is 16.8. The van der Waals surface area contributed by atoms with Gasteiger partial charge in [-0.1, -0.05) is 23.2 Å². The molecule has 0 saturated heterocycles. The molecule has 116 valence electrons. The zero-order valence-electron chi connectivity index (χ0n) is 12.0. The fourth-order valence-electron chi connectivity index (χ4n) is 1.58. The maximum absolute atomic E-state index is 11.9. The van der Waals surface area contributed by atoms with Crippen LogP contribution in [0.3, 0.4) is 0 Å². The molecule has 0 bridgehead atoms. The normalized spacial score (nSPS) is 12.4. The summed E-state index contributed by atoms with van der Waals surface area (Å²) in [6.45, 7) is 3.60. The number of rotatable bonds is 5. The molecule has 1 heterocycles. The molecular formula is C15H14Cl2N2O2S. The predicted molar refractivity (Wildman–Crippen MR) is 91.3 cm³/mol. The lowest BCUT2D eigenvalue weighted by molar-refractivity contribution is -0.127. The lowest BCUT2D eigenvalue weighted by Crippen LogP contribution is -2.33. The summed E-state index contributed by atoms with van der Waals surface area (Å²) in [7, 11) is 0. The van der Waals surface area contributed by atoms with Crippen LogP contribution in [-0.2, 0) is 4.79 Å². The van der Waals surface area contributed by atoms with Crippen molar-refractivity contribution in [3.05, 3.63) is 50.1 Å². The number of carbonyl (C=O) groups excluding carboxylic acids is 1. The first-order chi connectivity index (χ1) is 10.5. The third kappa shape index (κ3) is 4.47. The molecule has 0 spiro atoms. The molecule has 7 heteroatoms. The number of carbonyl (C=O) groups is 1. The van der Waals surface area contributed by atoms with Crippen molar-refractivity contribution in [2.24, 2.45) is 5.10 Å². The largest absolute Gasteiger partial charge is 0.479 e. The SMILES string of the molecule is Cc1ccsc1/C=N/NC(=O)C(C)Oc1ccc(Cl)cc1Cl. The van der Waals surface area contributed by atoms with Crippen molar-refractivity contribution in [2.75, 3.05) is 0 Å². The molecule has 0 radical (unpaired) electrons. The molecule has 2 aromatic rings. The highest BCUT2D eigenvalue weighted by Gasteiger charge is 2.15. The Morgan fingerprint density at radius 3 is 2.82 bits per heavy atom. The van der Waals surface area contributed by atoms with Gasteiger partial charge in [-0.05, 0) is 49.1 Å². The van der Waals surface area contributed by atoms with Crippen LogP contribution in [0, 0.1) is 6.92 Å². The average Bonchev–Trinajstić information content (AvgIpc) is 2.87. The van der Waals surface area contributed by atoms with Gasteiger partial charge in [0.05, 0.1) is 11.2 Å². The van der Waals surface area contributed by atoms with Crippen molar-refractivity contribution in [1.29, 1.82) is 0 Å². The van der Waals surface area contributed by atoms with Crippen molar-refractivity contribution in [2.45, 2.75) is 20.0 Å². The molecule has 0 saturated carbocycles. The zero-order chi connectivity index (χ0) is 16.1. The summed E-state index contributed by atoms with van der Waals surface area (Å²) in [5.74, 6) is 0.0308. The lowest BCUT2D eigenvalue weighted by Gasteiger charge is -2.14. The van der Waals surface area contributed by atoms with Crippen LogP contribution in [0.5, 0.6) is 5.75 Å². The summed E-state index contributed by atoms with van der Waals surface area (Å²) in [5, 5.41) is 6.75. The van der Waals surface area contributed by atoms with Gasteiger partial charge >= 0.3 is 0 Å². The fourth-order valence-corrected chi connectivity index (χ4v) is 2.82. The van der Waals surface area contributed by atoms with Crippen LogP contribution in [0.4, 0.5) is 0 Å². The average molecular weight is 357 g/mol. The molecule has 1 unspecified atom stereocenters. The number of amides is 1. The number of nitrogens with one attached hydrogen (secondary N) is 1. The molecule has 2 rings (SSSR count). The number of hydrogen-bond acceptors (Lipinski definition) is 4. The second-order valence-electron chi connectivity index (χ2n) is 4.54. The fraction of sp³-hybridized carbons (Fsp3) is 0.200. The van der Waals surface area contributed by atoms with Crippen LogP contribution in [0.1, 0.15) is 17.4 Å². The van der Waals surface area contributed by atoms with E-state index in [1.807, 2.05) is 18.4 Å². The zero-order valence-corrected chi connectivity index (χ0v) is 14.3. The smallest absolute Gasteiger partial charge is 0.280 e. The van der Waals surface area contributed by atoms with E-state index in [4.69, 9.17) is 27.9 Å². The van der Waals surface area contributed by atoms with Crippen LogP contribution in [0.25, 0.3) is 0 Å². The number of ether oxygens (including phenoxy) is 1. The molecule has 0 fully saturated rings. The van der Waals surface area contributed by atoms with Crippen LogP contribution in [0.2, 0.25) is 10.0 Å². The highest BCUT2D eigenvalue weighted by Crippen LogP contribution is 2.28. The number of aryl methyl sites for hydroxylation is 1. The second kappa shape index (κ2) is 7.63. The molecule has 0 aliphatic rings. The summed E-state index contributed by atoms with van der Waals surface area (Å²) in [5.41, 5.74) is 3.55. The standard InChI is InChI=1S/C15H14Cl2N2O2S/c1-9-5-6-22-14(9)8-18-19-15(20)10(2)21-13-4-3-11(16)7-12(13)17/h3-8,10H,1-2H3,(H,19,20)/b18-8+. The van der Waals surface area contributed by atoms with E-state index in [2.05, 4.69) is 10.5 Å². The molecule has 1 N–H and O–H groups in total. The van der Waals surface area contributed by atoms with Gasteiger partial charge < -0.3 is 4.74 Å². The van der Waals surface area contributed by atoms with Crippen molar-refractivity contribution in [3.8, 4) is 5.75 Å². The Hall–Kier alpha value is -1.56. The van der Waals surface area contributed by atoms with E-state index < -0.39 is 6.10 Å². The molecular weight excluding hydrogens is 343 g/mol. The quantitative estimate of drug-likeness (QED) is 0.641. The summed E-state index contributed by atoms with van der Waals surface area (Å²) >= 11 is 13.4. The first-order valence-corrected chi connectivity index (χ1v) is 8.09. The summed E-state index contributed by atoms with van der Waals surface area (Å²) in [6, 6.07) is 6.81. The van der Waals surface area contributed by atoms with Crippen molar-refractivity contribution >= 4 is 46.7 Å². The Morgan fingerprint density at radius 1 is 1.41 bits per heavy atom. The second-order valence-corrected chi connectivity index (χ2v) is 6.33. The van der Waals surface area contributed by atoms with Crippen molar-refractivity contribution in [1.82, 2.24) is 5.43 Å². The van der Waals surface area contributed by atoms with Gasteiger partial charge in [0.2, 0.25) is 0 Å². The monoisotopic (exact) mass is 356 g/mol. The van der Waals surface area contributed by atoms with E-state index in [1.54, 1.807) is 42.7 Å². The number of hydrogen-bond donors (Lipinski definition) is 1. The Morgan fingerprint density at radius 2 is 2.18 bits per heavy atom. The van der Waals surface area contributed by atoms with Gasteiger partial charge in [-0.15, -0.1) is 11.3 Å². The van der Waals surface area contributed by atoms with Gasteiger partial charge in [0.25, 0.3) is 5.91 Å². The highest BCUT2D eigenvalue weighted by atomic mass is 35.5. The lowest BCUT2D eigenvalue weighted by atomic mass is 10.3. The molecule has 4 nitrogen and oxygen atoms in total. The van der Waals surface area contributed by atoms with Crippen LogP contribution < -0.4 is 10.2 Å². The number of nitrogens with zero attached hydrogens (tertiary/aromatic N) is 1. The minimum atomic E-state index is -0.736. The van der Waals surface area contributed by atoms with Crippen LogP contribution in [0.15, 0.2) is 34.7 Å². The minimum Gasteiger partial charge on any atom is -0.479 e. The Kier molecular flexibility index (Phi) is 5.83. The topological polar surface area (TPSA) is 50.7 Å². The van der Waals surface area contributed by atoms with E-state index in [1.165, 1.54) is 0 Å². The molecule has 0 aliphatic heterocycles. The maximum atomic E-state index is 11.9. The van der Waals surface area contributed by atoms with E-state index in [-0.39, 0.29) is 5.91 Å². The minimum absolute atomic E-state index is 0.352. The van der Waals surface area contributed by atoms with E-state index in [0.717, 1.165) is 10.4 Å². The molecule has 0 aliphatic carbocycles. The summed E-state index contributed by atoms with van der Waals surface area (Å²) in [4.78, 5) is 12.9. The number of benzene rings is 1. The van der Waals surface area contributed by atoms with Gasteiger partial charge in [-0.25, -0.2) is 5.43 Å². The van der Waals surface area contributed by atoms with Crippen LogP contribution in [-0.4, -0.2) is 18.2 Å². The van der Waals surface area contributed by atoms with Gasteiger partial charge in [-0.3, -0.25) is 4.79 Å². The highest BCUT2D eigenvalue weighted by molar-refractivity contribution is 7.11. The molecule has 1 atom stereocenters. The van der Waals surface area contributed by atoms with Gasteiger partial charge in [0.1, 0.15) is 5.75 Å². The molecule has 1 aromatic carbocycles. The maximum Gasteiger partial charge on any atom is 0.280 e. The number of halogens is 2. The van der Waals surface area contributed by atoms with E-state index in [9.17, 15) is 4.79 Å². The number of hydrazone groups is 1. The molecule has 22 heavy (non-hydrogen) atoms. The Labute approximate surface area is 142 Å².